The van der Waals surface area contributed by atoms with E-state index in [9.17, 15) is 19.7 Å². The van der Waals surface area contributed by atoms with E-state index in [0.717, 1.165) is 4.90 Å². The SMILES string of the molecule is Cn1c(=O)n(C)c2cc([N+](=O)[O-])c(NC(=O)CSc3ccccc3N)cc21. The number of carbonyl (C=O) groups excluding carboxylic acids is 1. The lowest BCUT2D eigenvalue weighted by molar-refractivity contribution is -0.383. The molecule has 3 aromatic rings. The number of aromatic nitrogens is 2. The maximum Gasteiger partial charge on any atom is 0.328 e. The van der Waals surface area contributed by atoms with Crippen LogP contribution in [0, 0.1) is 10.1 Å². The highest BCUT2D eigenvalue weighted by molar-refractivity contribution is 8.00. The summed E-state index contributed by atoms with van der Waals surface area (Å²) in [5, 5.41) is 14.0. The summed E-state index contributed by atoms with van der Waals surface area (Å²) in [5.74, 6) is -0.372. The van der Waals surface area contributed by atoms with E-state index in [4.69, 9.17) is 5.73 Å². The van der Waals surface area contributed by atoms with Crippen LogP contribution in [0.2, 0.25) is 0 Å². The summed E-state index contributed by atoms with van der Waals surface area (Å²) >= 11 is 1.24. The molecular weight excluding hydrogens is 370 g/mol. The van der Waals surface area contributed by atoms with Gasteiger partial charge in [-0.15, -0.1) is 11.8 Å². The van der Waals surface area contributed by atoms with Gasteiger partial charge in [0.2, 0.25) is 5.91 Å². The van der Waals surface area contributed by atoms with Gasteiger partial charge in [-0.1, -0.05) is 12.1 Å². The third kappa shape index (κ3) is 3.51. The van der Waals surface area contributed by atoms with E-state index in [0.29, 0.717) is 16.7 Å². The first kappa shape index (κ1) is 18.5. The second kappa shape index (κ2) is 7.16. The molecule has 0 saturated heterocycles. The lowest BCUT2D eigenvalue weighted by Crippen LogP contribution is -2.19. The van der Waals surface area contributed by atoms with E-state index in [1.165, 1.54) is 40.1 Å². The number of benzene rings is 2. The minimum Gasteiger partial charge on any atom is -0.398 e. The molecule has 10 heteroatoms. The Kier molecular flexibility index (Phi) is 4.91. The Morgan fingerprint density at radius 3 is 2.48 bits per heavy atom. The quantitative estimate of drug-likeness (QED) is 0.299. The van der Waals surface area contributed by atoms with Crippen LogP contribution < -0.4 is 16.7 Å². The zero-order chi connectivity index (χ0) is 19.7. The second-order valence-corrected chi connectivity index (χ2v) is 6.91. The van der Waals surface area contributed by atoms with E-state index < -0.39 is 10.8 Å². The van der Waals surface area contributed by atoms with Gasteiger partial charge in [0.15, 0.2) is 0 Å². The number of rotatable bonds is 5. The van der Waals surface area contributed by atoms with Crippen LogP contribution in [0.5, 0.6) is 0 Å². The number of fused-ring (bicyclic) bond motifs is 1. The average molecular weight is 387 g/mol. The monoisotopic (exact) mass is 387 g/mol. The molecule has 3 N–H and O–H groups in total. The number of nitro benzene ring substituents is 1. The first-order valence-corrected chi connectivity index (χ1v) is 8.89. The fraction of sp³-hybridized carbons (Fsp3) is 0.176. The van der Waals surface area contributed by atoms with Gasteiger partial charge in [-0.05, 0) is 18.2 Å². The largest absolute Gasteiger partial charge is 0.398 e. The smallest absolute Gasteiger partial charge is 0.328 e. The van der Waals surface area contributed by atoms with Crippen molar-refractivity contribution in [2.75, 3.05) is 16.8 Å². The van der Waals surface area contributed by atoms with Crippen molar-refractivity contribution in [2.45, 2.75) is 4.90 Å². The molecular formula is C17H17N5O4S. The number of nitrogen functional groups attached to an aromatic ring is 1. The third-order valence-corrected chi connectivity index (χ3v) is 5.23. The lowest BCUT2D eigenvalue weighted by atomic mass is 10.2. The first-order valence-electron chi connectivity index (χ1n) is 7.90. The normalized spacial score (nSPS) is 10.9. The van der Waals surface area contributed by atoms with Gasteiger partial charge in [-0.25, -0.2) is 4.79 Å². The minimum absolute atomic E-state index is 0.0388. The predicted octanol–water partition coefficient (Wildman–Crippen LogP) is 2.10. The summed E-state index contributed by atoms with van der Waals surface area (Å²) in [6, 6.07) is 9.85. The molecule has 3 rings (SSSR count). The summed E-state index contributed by atoms with van der Waals surface area (Å²) in [5.41, 5.74) is 6.76. The average Bonchev–Trinajstić information content (AvgIpc) is 2.84. The summed E-state index contributed by atoms with van der Waals surface area (Å²) < 4.78 is 2.69. The summed E-state index contributed by atoms with van der Waals surface area (Å²) in [6.07, 6.45) is 0. The maximum atomic E-state index is 12.3. The van der Waals surface area contributed by atoms with Crippen molar-refractivity contribution in [3.8, 4) is 0 Å². The number of para-hydroxylation sites is 1. The van der Waals surface area contributed by atoms with Crippen LogP contribution in [0.25, 0.3) is 11.0 Å². The maximum absolute atomic E-state index is 12.3. The van der Waals surface area contributed by atoms with Crippen LogP contribution in [0.4, 0.5) is 17.1 Å². The van der Waals surface area contributed by atoms with Gasteiger partial charge in [0.05, 0.1) is 21.7 Å². The number of aryl methyl sites for hydroxylation is 2. The molecule has 1 heterocycles. The van der Waals surface area contributed by atoms with Crippen molar-refractivity contribution in [3.05, 3.63) is 57.0 Å². The summed E-state index contributed by atoms with van der Waals surface area (Å²) in [4.78, 5) is 35.9. The molecule has 0 spiro atoms. The molecule has 1 amide bonds. The van der Waals surface area contributed by atoms with Gasteiger partial charge in [0, 0.05) is 30.7 Å². The number of hydrogen-bond acceptors (Lipinski definition) is 6. The number of nitrogens with two attached hydrogens (primary N) is 1. The highest BCUT2D eigenvalue weighted by Crippen LogP contribution is 2.30. The van der Waals surface area contributed by atoms with Gasteiger partial charge in [-0.2, -0.15) is 0 Å². The van der Waals surface area contributed by atoms with E-state index in [1.807, 2.05) is 6.07 Å². The zero-order valence-corrected chi connectivity index (χ0v) is 15.4. The summed E-state index contributed by atoms with van der Waals surface area (Å²) in [7, 11) is 3.10. The highest BCUT2D eigenvalue weighted by atomic mass is 32.2. The van der Waals surface area contributed by atoms with Crippen LogP contribution >= 0.6 is 11.8 Å². The number of anilines is 2. The molecule has 9 nitrogen and oxygen atoms in total. The first-order chi connectivity index (χ1) is 12.8. The second-order valence-electron chi connectivity index (χ2n) is 5.89. The number of thioether (sulfide) groups is 1. The number of amides is 1. The Bertz CT molecular complexity index is 1120. The van der Waals surface area contributed by atoms with Gasteiger partial charge < -0.3 is 11.1 Å². The molecule has 27 heavy (non-hydrogen) atoms. The highest BCUT2D eigenvalue weighted by Gasteiger charge is 2.21. The molecule has 1 aromatic heterocycles. The van der Waals surface area contributed by atoms with Gasteiger partial charge in [0.1, 0.15) is 5.69 Å². The molecule has 140 valence electrons. The van der Waals surface area contributed by atoms with Crippen molar-refractivity contribution in [1.82, 2.24) is 9.13 Å². The molecule has 0 aliphatic rings. The molecule has 2 aromatic carbocycles. The third-order valence-electron chi connectivity index (χ3n) is 4.14. The number of nitrogens with one attached hydrogen (secondary N) is 1. The Hall–Kier alpha value is -3.27. The van der Waals surface area contributed by atoms with Crippen LogP contribution in [-0.2, 0) is 18.9 Å². The standard InChI is InChI=1S/C17H17N5O4S/c1-20-13-7-11(12(22(25)26)8-14(13)21(2)17(20)24)19-16(23)9-27-15-6-4-3-5-10(15)18/h3-8H,9,18H2,1-2H3,(H,19,23). The van der Waals surface area contributed by atoms with Crippen molar-refractivity contribution in [3.63, 3.8) is 0 Å². The Labute approximate surface area is 157 Å². The molecule has 0 bridgehead atoms. The fourth-order valence-electron chi connectivity index (χ4n) is 2.73. The van der Waals surface area contributed by atoms with Gasteiger partial charge in [0.25, 0.3) is 5.69 Å². The van der Waals surface area contributed by atoms with E-state index >= 15 is 0 Å². The van der Waals surface area contributed by atoms with E-state index in [1.54, 1.807) is 25.2 Å². The number of nitrogens with zero attached hydrogens (tertiary/aromatic N) is 3. The van der Waals surface area contributed by atoms with Gasteiger partial charge in [-0.3, -0.25) is 24.0 Å². The zero-order valence-electron chi connectivity index (χ0n) is 14.6. The number of imidazole rings is 1. The topological polar surface area (TPSA) is 125 Å². The van der Waals surface area contributed by atoms with E-state index in [2.05, 4.69) is 5.32 Å². The summed E-state index contributed by atoms with van der Waals surface area (Å²) in [6.45, 7) is 0. The van der Waals surface area contributed by atoms with Crippen molar-refractivity contribution in [2.24, 2.45) is 14.1 Å². The molecule has 0 radical (unpaired) electrons. The van der Waals surface area contributed by atoms with Crippen molar-refractivity contribution < 1.29 is 9.72 Å². The van der Waals surface area contributed by atoms with Gasteiger partial charge >= 0.3 is 5.69 Å². The van der Waals surface area contributed by atoms with Crippen LogP contribution in [0.15, 0.2) is 46.1 Å². The molecule has 0 fully saturated rings. The lowest BCUT2D eigenvalue weighted by Gasteiger charge is -2.08. The molecule has 0 saturated carbocycles. The number of nitro groups is 1. The van der Waals surface area contributed by atoms with Crippen LogP contribution in [0.3, 0.4) is 0 Å². The number of carbonyl (C=O) groups is 1. The molecule has 0 aliphatic carbocycles. The van der Waals surface area contributed by atoms with Crippen LogP contribution in [0.1, 0.15) is 0 Å². The Balaban J connectivity index is 1.89. The molecule has 0 atom stereocenters. The fourth-order valence-corrected chi connectivity index (χ4v) is 3.50. The predicted molar refractivity (Wildman–Crippen MR) is 105 cm³/mol. The van der Waals surface area contributed by atoms with Crippen molar-refractivity contribution >= 4 is 45.8 Å². The Morgan fingerprint density at radius 1 is 1.22 bits per heavy atom. The number of hydrogen-bond donors (Lipinski definition) is 2. The minimum atomic E-state index is -0.588. The molecule has 0 unspecified atom stereocenters. The van der Waals surface area contributed by atoms with E-state index in [-0.39, 0.29) is 22.8 Å². The Morgan fingerprint density at radius 2 is 1.85 bits per heavy atom. The van der Waals surface area contributed by atoms with Crippen LogP contribution in [-0.4, -0.2) is 25.7 Å². The molecule has 0 aliphatic heterocycles. The van der Waals surface area contributed by atoms with Crippen molar-refractivity contribution in [1.29, 1.82) is 0 Å².